The molecule has 0 bridgehead atoms. The first-order valence-electron chi connectivity index (χ1n) is 6.65. The monoisotopic (exact) mass is 246 g/mol. The van der Waals surface area contributed by atoms with E-state index in [0.717, 1.165) is 6.42 Å². The molecule has 0 saturated carbocycles. The van der Waals surface area contributed by atoms with Gasteiger partial charge in [-0.15, -0.1) is 0 Å². The Labute approximate surface area is 112 Å². The van der Waals surface area contributed by atoms with Gasteiger partial charge < -0.3 is 5.11 Å². The van der Waals surface area contributed by atoms with Gasteiger partial charge in [0.2, 0.25) is 0 Å². The SMILES string of the molecule is OCCc1cc2c3c(cccc3c1)-c1ccccc1-2. The molecule has 0 atom stereocenters. The number of hydrogen-bond acceptors (Lipinski definition) is 1. The van der Waals surface area contributed by atoms with Crippen LogP contribution in [0.15, 0.2) is 54.6 Å². The largest absolute Gasteiger partial charge is 0.396 e. The Balaban J connectivity index is 2.12. The standard InChI is InChI=1S/C18H14O/c19-9-8-12-10-13-4-3-7-16-14-5-1-2-6-15(14)17(11-12)18(13)16/h1-7,10-11,19H,8-9H2. The molecule has 1 nitrogen and oxygen atoms in total. The molecular weight excluding hydrogens is 232 g/mol. The summed E-state index contributed by atoms with van der Waals surface area (Å²) in [7, 11) is 0. The second-order valence-corrected chi connectivity index (χ2v) is 5.07. The van der Waals surface area contributed by atoms with Crippen molar-refractivity contribution in [3.63, 3.8) is 0 Å². The van der Waals surface area contributed by atoms with E-state index < -0.39 is 0 Å². The van der Waals surface area contributed by atoms with Crippen molar-refractivity contribution in [2.24, 2.45) is 0 Å². The third-order valence-electron chi connectivity index (χ3n) is 3.94. The average molecular weight is 246 g/mol. The number of benzene rings is 3. The first-order chi connectivity index (χ1) is 9.38. The highest BCUT2D eigenvalue weighted by molar-refractivity contribution is 6.15. The molecule has 0 saturated heterocycles. The third-order valence-corrected chi connectivity index (χ3v) is 3.94. The zero-order valence-electron chi connectivity index (χ0n) is 10.6. The number of aliphatic hydroxyl groups is 1. The summed E-state index contributed by atoms with van der Waals surface area (Å²) in [6, 6.07) is 19.5. The van der Waals surface area contributed by atoms with Crippen LogP contribution in [0.3, 0.4) is 0 Å². The molecule has 4 rings (SSSR count). The first kappa shape index (κ1) is 10.8. The molecule has 1 heteroatoms. The average Bonchev–Trinajstić information content (AvgIpc) is 2.77. The van der Waals surface area contributed by atoms with Gasteiger partial charge in [0.15, 0.2) is 0 Å². The van der Waals surface area contributed by atoms with Gasteiger partial charge in [-0.2, -0.15) is 0 Å². The van der Waals surface area contributed by atoms with E-state index in [2.05, 4.69) is 54.6 Å². The molecule has 1 aliphatic rings. The van der Waals surface area contributed by atoms with Crippen LogP contribution in [-0.2, 0) is 6.42 Å². The molecule has 1 N–H and O–H groups in total. The number of hydrogen-bond donors (Lipinski definition) is 1. The zero-order chi connectivity index (χ0) is 12.8. The highest BCUT2D eigenvalue weighted by Crippen LogP contribution is 2.47. The lowest BCUT2D eigenvalue weighted by molar-refractivity contribution is 0.299. The fourth-order valence-electron chi connectivity index (χ4n) is 3.15. The second-order valence-electron chi connectivity index (χ2n) is 5.07. The summed E-state index contributed by atoms with van der Waals surface area (Å²) in [5.41, 5.74) is 6.49. The Morgan fingerprint density at radius 1 is 0.737 bits per heavy atom. The van der Waals surface area contributed by atoms with E-state index in [1.165, 1.54) is 38.6 Å². The van der Waals surface area contributed by atoms with E-state index in [1.54, 1.807) is 0 Å². The molecule has 3 aromatic carbocycles. The molecule has 0 fully saturated rings. The minimum Gasteiger partial charge on any atom is -0.396 e. The molecule has 0 heterocycles. The Hall–Kier alpha value is -2.12. The lowest BCUT2D eigenvalue weighted by atomic mass is 9.99. The number of fused-ring (bicyclic) bond motifs is 3. The summed E-state index contributed by atoms with van der Waals surface area (Å²) < 4.78 is 0. The van der Waals surface area contributed by atoms with Crippen LogP contribution in [0.5, 0.6) is 0 Å². The van der Waals surface area contributed by atoms with Crippen LogP contribution in [0, 0.1) is 0 Å². The van der Waals surface area contributed by atoms with E-state index in [9.17, 15) is 0 Å². The summed E-state index contributed by atoms with van der Waals surface area (Å²) in [5, 5.41) is 11.8. The van der Waals surface area contributed by atoms with Crippen molar-refractivity contribution >= 4 is 10.8 Å². The van der Waals surface area contributed by atoms with E-state index in [0.29, 0.717) is 0 Å². The van der Waals surface area contributed by atoms with Gasteiger partial charge in [0, 0.05) is 6.61 Å². The predicted molar refractivity (Wildman–Crippen MR) is 79.2 cm³/mol. The van der Waals surface area contributed by atoms with Crippen molar-refractivity contribution in [2.45, 2.75) is 6.42 Å². The maximum Gasteiger partial charge on any atom is 0.0471 e. The molecule has 0 aromatic heterocycles. The number of aliphatic hydroxyl groups excluding tert-OH is 1. The molecular formula is C18H14O. The van der Waals surface area contributed by atoms with Gasteiger partial charge >= 0.3 is 0 Å². The Morgan fingerprint density at radius 2 is 1.47 bits per heavy atom. The fraction of sp³-hybridized carbons (Fsp3) is 0.111. The topological polar surface area (TPSA) is 20.2 Å². The van der Waals surface area contributed by atoms with Gasteiger partial charge in [0.05, 0.1) is 0 Å². The van der Waals surface area contributed by atoms with E-state index >= 15 is 0 Å². The maximum absolute atomic E-state index is 9.16. The Morgan fingerprint density at radius 3 is 2.26 bits per heavy atom. The summed E-state index contributed by atoms with van der Waals surface area (Å²) in [6.07, 6.45) is 0.718. The summed E-state index contributed by atoms with van der Waals surface area (Å²) in [5.74, 6) is 0. The normalized spacial score (nSPS) is 11.8. The Kier molecular flexibility index (Phi) is 2.23. The summed E-state index contributed by atoms with van der Waals surface area (Å²) in [4.78, 5) is 0. The highest BCUT2D eigenvalue weighted by Gasteiger charge is 2.20. The molecule has 0 aliphatic heterocycles. The molecule has 19 heavy (non-hydrogen) atoms. The molecule has 92 valence electrons. The molecule has 0 spiro atoms. The van der Waals surface area contributed by atoms with Crippen LogP contribution in [0.1, 0.15) is 5.56 Å². The molecule has 3 aromatic rings. The van der Waals surface area contributed by atoms with Crippen molar-refractivity contribution in [3.8, 4) is 22.3 Å². The highest BCUT2D eigenvalue weighted by atomic mass is 16.2. The van der Waals surface area contributed by atoms with Crippen molar-refractivity contribution < 1.29 is 5.11 Å². The van der Waals surface area contributed by atoms with Crippen LogP contribution < -0.4 is 0 Å². The van der Waals surface area contributed by atoms with Crippen LogP contribution in [0.4, 0.5) is 0 Å². The molecule has 0 amide bonds. The van der Waals surface area contributed by atoms with Gasteiger partial charge in [-0.3, -0.25) is 0 Å². The quantitative estimate of drug-likeness (QED) is 0.566. The summed E-state index contributed by atoms with van der Waals surface area (Å²) in [6.45, 7) is 0.201. The van der Waals surface area contributed by atoms with Gasteiger partial charge in [0.25, 0.3) is 0 Å². The smallest absolute Gasteiger partial charge is 0.0471 e. The van der Waals surface area contributed by atoms with Gasteiger partial charge in [-0.25, -0.2) is 0 Å². The predicted octanol–water partition coefficient (Wildman–Crippen LogP) is 4.02. The molecule has 1 aliphatic carbocycles. The van der Waals surface area contributed by atoms with Crippen molar-refractivity contribution in [1.82, 2.24) is 0 Å². The van der Waals surface area contributed by atoms with Crippen LogP contribution >= 0.6 is 0 Å². The van der Waals surface area contributed by atoms with Crippen LogP contribution in [0.2, 0.25) is 0 Å². The van der Waals surface area contributed by atoms with Crippen molar-refractivity contribution in [1.29, 1.82) is 0 Å². The van der Waals surface area contributed by atoms with Crippen LogP contribution in [-0.4, -0.2) is 11.7 Å². The lowest BCUT2D eigenvalue weighted by Gasteiger charge is -2.06. The lowest BCUT2D eigenvalue weighted by Crippen LogP contribution is -1.91. The maximum atomic E-state index is 9.16. The third kappa shape index (κ3) is 1.45. The van der Waals surface area contributed by atoms with Gasteiger partial charge in [0.1, 0.15) is 0 Å². The Bertz CT molecular complexity index is 787. The minimum absolute atomic E-state index is 0.201. The fourth-order valence-corrected chi connectivity index (χ4v) is 3.15. The van der Waals surface area contributed by atoms with Crippen molar-refractivity contribution in [3.05, 3.63) is 60.2 Å². The second kappa shape index (κ2) is 3.94. The summed E-state index contributed by atoms with van der Waals surface area (Å²) >= 11 is 0. The van der Waals surface area contributed by atoms with E-state index in [1.807, 2.05) is 0 Å². The molecule has 0 radical (unpaired) electrons. The number of rotatable bonds is 2. The van der Waals surface area contributed by atoms with Crippen LogP contribution in [0.25, 0.3) is 33.0 Å². The molecule has 0 unspecified atom stereocenters. The van der Waals surface area contributed by atoms with E-state index in [4.69, 9.17) is 5.11 Å². The van der Waals surface area contributed by atoms with Crippen molar-refractivity contribution in [2.75, 3.05) is 6.61 Å². The van der Waals surface area contributed by atoms with E-state index in [-0.39, 0.29) is 6.61 Å². The van der Waals surface area contributed by atoms with Gasteiger partial charge in [-0.05, 0) is 45.0 Å². The first-order valence-corrected chi connectivity index (χ1v) is 6.65. The minimum atomic E-state index is 0.201. The zero-order valence-corrected chi connectivity index (χ0v) is 10.6. The van der Waals surface area contributed by atoms with Gasteiger partial charge in [-0.1, -0.05) is 54.6 Å².